The molecule has 6 nitrogen and oxygen atoms in total. The molecule has 1 heterocycles. The highest BCUT2D eigenvalue weighted by Crippen LogP contribution is 2.09. The summed E-state index contributed by atoms with van der Waals surface area (Å²) in [5.41, 5.74) is 1.07. The van der Waals surface area contributed by atoms with Crippen LogP contribution in [0.1, 0.15) is 55.2 Å². The molecule has 1 aromatic heterocycles. The lowest BCUT2D eigenvalue weighted by Gasteiger charge is -2.04. The van der Waals surface area contributed by atoms with E-state index in [-0.39, 0.29) is 6.61 Å². The van der Waals surface area contributed by atoms with Gasteiger partial charge in [0.1, 0.15) is 6.61 Å². The van der Waals surface area contributed by atoms with E-state index in [4.69, 9.17) is 9.47 Å². The monoisotopic (exact) mass is 283 g/mol. The molecule has 0 fully saturated rings. The van der Waals surface area contributed by atoms with Crippen LogP contribution < -0.4 is 0 Å². The average molecular weight is 283 g/mol. The Bertz CT molecular complexity index is 404. The van der Waals surface area contributed by atoms with E-state index in [9.17, 15) is 4.79 Å². The molecule has 114 valence electrons. The number of hydrogen-bond acceptors (Lipinski definition) is 5. The maximum absolute atomic E-state index is 11.8. The summed E-state index contributed by atoms with van der Waals surface area (Å²) >= 11 is 0. The maximum Gasteiger partial charge on any atom is 0.360 e. The number of carbonyl (C=O) groups is 1. The number of rotatable bonds is 10. The van der Waals surface area contributed by atoms with Crippen LogP contribution in [0.5, 0.6) is 0 Å². The summed E-state index contributed by atoms with van der Waals surface area (Å²) in [6.45, 7) is 5.46. The molecule has 0 aliphatic carbocycles. The fourth-order valence-corrected chi connectivity index (χ4v) is 1.91. The Labute approximate surface area is 120 Å². The number of esters is 1. The summed E-state index contributed by atoms with van der Waals surface area (Å²) in [7, 11) is 1.56. The smallest absolute Gasteiger partial charge is 0.360 e. The highest BCUT2D eigenvalue weighted by Gasteiger charge is 2.17. The molecule has 0 saturated heterocycles. The fourth-order valence-electron chi connectivity index (χ4n) is 1.91. The van der Waals surface area contributed by atoms with Crippen molar-refractivity contribution in [1.82, 2.24) is 15.0 Å². The van der Waals surface area contributed by atoms with Crippen LogP contribution in [0.25, 0.3) is 0 Å². The van der Waals surface area contributed by atoms with Gasteiger partial charge in [0.15, 0.2) is 5.69 Å². The molecule has 1 rings (SSSR count). The van der Waals surface area contributed by atoms with Crippen molar-refractivity contribution < 1.29 is 14.3 Å². The van der Waals surface area contributed by atoms with Crippen LogP contribution in [-0.2, 0) is 16.0 Å². The molecule has 0 bridgehead atoms. The Balaban J connectivity index is 2.41. The van der Waals surface area contributed by atoms with Gasteiger partial charge in [-0.15, -0.1) is 5.10 Å². The summed E-state index contributed by atoms with van der Waals surface area (Å²) in [5, 5.41) is 7.92. The zero-order valence-electron chi connectivity index (χ0n) is 12.7. The molecule has 0 amide bonds. The zero-order chi connectivity index (χ0) is 14.8. The second kappa shape index (κ2) is 9.47. The predicted molar refractivity (Wildman–Crippen MR) is 75.7 cm³/mol. The first-order chi connectivity index (χ1) is 9.70. The molecule has 6 heteroatoms. The van der Waals surface area contributed by atoms with Gasteiger partial charge >= 0.3 is 5.97 Å². The van der Waals surface area contributed by atoms with Gasteiger partial charge in [-0.25, -0.2) is 9.48 Å². The van der Waals surface area contributed by atoms with Crippen molar-refractivity contribution in [3.8, 4) is 0 Å². The van der Waals surface area contributed by atoms with Crippen LogP contribution in [0.2, 0.25) is 0 Å². The lowest BCUT2D eigenvalue weighted by molar-refractivity contribution is 0.0380. The second-order valence-electron chi connectivity index (χ2n) is 4.79. The van der Waals surface area contributed by atoms with Gasteiger partial charge in [-0.2, -0.15) is 0 Å². The third-order valence-electron chi connectivity index (χ3n) is 3.17. The number of aromatic nitrogens is 3. The third kappa shape index (κ3) is 5.28. The van der Waals surface area contributed by atoms with Crippen molar-refractivity contribution >= 4 is 5.97 Å². The highest BCUT2D eigenvalue weighted by atomic mass is 16.6. The van der Waals surface area contributed by atoms with Gasteiger partial charge in [-0.3, -0.25) is 0 Å². The summed E-state index contributed by atoms with van der Waals surface area (Å²) in [4.78, 5) is 11.8. The van der Waals surface area contributed by atoms with Gasteiger partial charge in [0.05, 0.1) is 12.3 Å². The molecule has 0 aromatic carbocycles. The number of methoxy groups -OCH3 is 1. The minimum Gasteiger partial charge on any atom is -0.458 e. The van der Waals surface area contributed by atoms with Gasteiger partial charge in [0, 0.05) is 13.7 Å². The number of hydrogen-bond donors (Lipinski definition) is 0. The van der Waals surface area contributed by atoms with Crippen LogP contribution in [0.4, 0.5) is 0 Å². The average Bonchev–Trinajstić information content (AvgIpc) is 2.80. The van der Waals surface area contributed by atoms with Crippen LogP contribution in [-0.4, -0.2) is 41.3 Å². The standard InChI is InChI=1S/C14H25N3O3/c1-4-5-6-7-8-9-17-12(2)13(15-16-17)14(18)20-11-10-19-3/h4-11H2,1-3H3. The first-order valence-electron chi connectivity index (χ1n) is 7.26. The number of aryl methyl sites for hydroxylation is 1. The molecule has 0 atom stereocenters. The number of unbranched alkanes of at least 4 members (excludes halogenated alkanes) is 4. The zero-order valence-corrected chi connectivity index (χ0v) is 12.7. The lowest BCUT2D eigenvalue weighted by Crippen LogP contribution is -2.12. The van der Waals surface area contributed by atoms with E-state index in [1.165, 1.54) is 25.7 Å². The van der Waals surface area contributed by atoms with E-state index in [0.717, 1.165) is 18.7 Å². The molecule has 0 aliphatic heterocycles. The van der Waals surface area contributed by atoms with Crippen LogP contribution in [0.3, 0.4) is 0 Å². The highest BCUT2D eigenvalue weighted by molar-refractivity contribution is 5.88. The number of carbonyl (C=O) groups excluding carboxylic acids is 1. The largest absolute Gasteiger partial charge is 0.458 e. The lowest BCUT2D eigenvalue weighted by atomic mass is 10.1. The summed E-state index contributed by atoms with van der Waals surface area (Å²) in [6, 6.07) is 0. The summed E-state index contributed by atoms with van der Waals surface area (Å²) in [5.74, 6) is -0.434. The molecule has 0 N–H and O–H groups in total. The van der Waals surface area contributed by atoms with E-state index in [1.807, 2.05) is 6.92 Å². The molecule has 0 unspecified atom stereocenters. The topological polar surface area (TPSA) is 66.2 Å². The van der Waals surface area contributed by atoms with Crippen molar-refractivity contribution in [2.45, 2.75) is 52.5 Å². The second-order valence-corrected chi connectivity index (χ2v) is 4.79. The molecule has 0 aliphatic rings. The molecular weight excluding hydrogens is 258 g/mol. The Hall–Kier alpha value is -1.43. The van der Waals surface area contributed by atoms with Crippen LogP contribution >= 0.6 is 0 Å². The molecule has 0 radical (unpaired) electrons. The van der Waals surface area contributed by atoms with Gasteiger partial charge < -0.3 is 9.47 Å². The molecule has 20 heavy (non-hydrogen) atoms. The Morgan fingerprint density at radius 1 is 1.20 bits per heavy atom. The van der Waals surface area contributed by atoms with Gasteiger partial charge in [0.2, 0.25) is 0 Å². The van der Waals surface area contributed by atoms with E-state index in [0.29, 0.717) is 12.3 Å². The van der Waals surface area contributed by atoms with E-state index in [2.05, 4.69) is 17.2 Å². The van der Waals surface area contributed by atoms with Gasteiger partial charge in [0.25, 0.3) is 0 Å². The minimum absolute atomic E-state index is 0.235. The van der Waals surface area contributed by atoms with Gasteiger partial charge in [-0.05, 0) is 13.3 Å². The summed E-state index contributed by atoms with van der Waals surface area (Å²) < 4.78 is 11.6. The summed E-state index contributed by atoms with van der Waals surface area (Å²) in [6.07, 6.45) is 5.99. The van der Waals surface area contributed by atoms with Gasteiger partial charge in [-0.1, -0.05) is 37.8 Å². The Morgan fingerprint density at radius 3 is 2.65 bits per heavy atom. The minimum atomic E-state index is -0.434. The van der Waals surface area contributed by atoms with E-state index >= 15 is 0 Å². The Kier molecular flexibility index (Phi) is 7.87. The third-order valence-corrected chi connectivity index (χ3v) is 3.17. The first-order valence-corrected chi connectivity index (χ1v) is 7.26. The van der Waals surface area contributed by atoms with Crippen molar-refractivity contribution in [3.05, 3.63) is 11.4 Å². The SMILES string of the molecule is CCCCCCCn1nnc(C(=O)OCCOC)c1C. The van der Waals surface area contributed by atoms with Crippen molar-refractivity contribution in [1.29, 1.82) is 0 Å². The maximum atomic E-state index is 11.8. The van der Waals surface area contributed by atoms with E-state index < -0.39 is 5.97 Å². The predicted octanol–water partition coefficient (Wildman–Crippen LogP) is 2.36. The van der Waals surface area contributed by atoms with Crippen molar-refractivity contribution in [2.24, 2.45) is 0 Å². The molecule has 0 saturated carbocycles. The molecule has 1 aromatic rings. The fraction of sp³-hybridized carbons (Fsp3) is 0.786. The van der Waals surface area contributed by atoms with Crippen LogP contribution in [0.15, 0.2) is 0 Å². The van der Waals surface area contributed by atoms with E-state index in [1.54, 1.807) is 11.8 Å². The quantitative estimate of drug-likeness (QED) is 0.487. The molecule has 0 spiro atoms. The normalized spacial score (nSPS) is 10.8. The van der Waals surface area contributed by atoms with Crippen molar-refractivity contribution in [3.63, 3.8) is 0 Å². The van der Waals surface area contributed by atoms with Crippen LogP contribution in [0, 0.1) is 6.92 Å². The number of ether oxygens (including phenoxy) is 2. The molecular formula is C14H25N3O3. The number of nitrogens with zero attached hydrogens (tertiary/aromatic N) is 3. The Morgan fingerprint density at radius 2 is 1.95 bits per heavy atom. The first kappa shape index (κ1) is 16.6. The van der Waals surface area contributed by atoms with Crippen molar-refractivity contribution in [2.75, 3.05) is 20.3 Å².